The van der Waals surface area contributed by atoms with Gasteiger partial charge in [-0.1, -0.05) is 82.8 Å². The second-order valence-corrected chi connectivity index (χ2v) is 6.84. The van der Waals surface area contributed by atoms with Crippen LogP contribution < -0.4 is 0 Å². The molecular weight excluding hydrogens is 370 g/mol. The first-order valence-electron chi connectivity index (χ1n) is 7.01. The third kappa shape index (κ3) is 3.67. The van der Waals surface area contributed by atoms with Gasteiger partial charge in [-0.05, 0) is 47.0 Å². The molecule has 0 amide bonds. The summed E-state index contributed by atoms with van der Waals surface area (Å²) in [4.78, 5) is 0. The summed E-state index contributed by atoms with van der Waals surface area (Å²) in [7, 11) is 0. The Morgan fingerprint density at radius 2 is 1.04 bits per heavy atom. The summed E-state index contributed by atoms with van der Waals surface area (Å²) >= 11 is 24.7. The van der Waals surface area contributed by atoms with Crippen LogP contribution in [0.15, 0.2) is 66.7 Å². The van der Waals surface area contributed by atoms with Crippen molar-refractivity contribution in [2.45, 2.75) is 5.92 Å². The molecule has 3 aromatic carbocycles. The smallest absolute Gasteiger partial charge is 0.0633 e. The molecule has 0 saturated carbocycles. The number of hydrogen-bond acceptors (Lipinski definition) is 0. The van der Waals surface area contributed by atoms with E-state index in [0.29, 0.717) is 20.1 Å². The second kappa shape index (κ2) is 7.15. The first-order chi connectivity index (χ1) is 11.1. The second-order valence-electron chi connectivity index (χ2n) is 5.18. The highest BCUT2D eigenvalue weighted by molar-refractivity contribution is 6.42. The maximum atomic E-state index is 6.47. The Balaban J connectivity index is 2.19. The van der Waals surface area contributed by atoms with Gasteiger partial charge in [-0.3, -0.25) is 0 Å². The predicted octanol–water partition coefficient (Wildman–Crippen LogP) is 7.48. The van der Waals surface area contributed by atoms with Crippen LogP contribution in [0.25, 0.3) is 0 Å². The van der Waals surface area contributed by atoms with Crippen LogP contribution in [0, 0.1) is 0 Å². The van der Waals surface area contributed by atoms with Gasteiger partial charge >= 0.3 is 0 Å². The SMILES string of the molecule is Clc1ccc(C(c2ccc(Cl)cc2)c2cccc(Cl)c2Cl)cc1. The summed E-state index contributed by atoms with van der Waals surface area (Å²) in [5.74, 6) is -0.0456. The first kappa shape index (κ1) is 16.7. The Kier molecular flexibility index (Phi) is 5.18. The quantitative estimate of drug-likeness (QED) is 0.412. The number of hydrogen-bond donors (Lipinski definition) is 0. The largest absolute Gasteiger partial charge is 0.0843 e. The Morgan fingerprint density at radius 1 is 0.565 bits per heavy atom. The lowest BCUT2D eigenvalue weighted by Gasteiger charge is -2.20. The molecule has 0 unspecified atom stereocenters. The van der Waals surface area contributed by atoms with E-state index < -0.39 is 0 Å². The van der Waals surface area contributed by atoms with E-state index in [9.17, 15) is 0 Å². The van der Waals surface area contributed by atoms with E-state index in [4.69, 9.17) is 46.4 Å². The summed E-state index contributed by atoms with van der Waals surface area (Å²) in [6, 6.07) is 21.2. The Morgan fingerprint density at radius 3 is 1.52 bits per heavy atom. The van der Waals surface area contributed by atoms with E-state index in [1.807, 2.05) is 60.7 Å². The van der Waals surface area contributed by atoms with Crippen molar-refractivity contribution in [3.05, 3.63) is 104 Å². The molecule has 0 heterocycles. The van der Waals surface area contributed by atoms with Crippen LogP contribution in [0.5, 0.6) is 0 Å². The molecule has 3 aromatic rings. The first-order valence-corrected chi connectivity index (χ1v) is 8.52. The van der Waals surface area contributed by atoms with Crippen LogP contribution in [0.1, 0.15) is 22.6 Å². The molecule has 0 aromatic heterocycles. The van der Waals surface area contributed by atoms with Gasteiger partial charge in [0.05, 0.1) is 10.0 Å². The van der Waals surface area contributed by atoms with Gasteiger partial charge in [-0.2, -0.15) is 0 Å². The van der Waals surface area contributed by atoms with E-state index in [1.54, 1.807) is 6.07 Å². The van der Waals surface area contributed by atoms with Crippen LogP contribution in [0.2, 0.25) is 20.1 Å². The van der Waals surface area contributed by atoms with Gasteiger partial charge < -0.3 is 0 Å². The normalized spacial score (nSPS) is 11.0. The van der Waals surface area contributed by atoms with Crippen LogP contribution in [-0.2, 0) is 0 Å². The molecule has 0 fully saturated rings. The van der Waals surface area contributed by atoms with Crippen molar-refractivity contribution in [2.75, 3.05) is 0 Å². The maximum Gasteiger partial charge on any atom is 0.0633 e. The zero-order valence-corrected chi connectivity index (χ0v) is 15.0. The van der Waals surface area contributed by atoms with Gasteiger partial charge in [-0.15, -0.1) is 0 Å². The molecule has 23 heavy (non-hydrogen) atoms. The molecule has 0 N–H and O–H groups in total. The van der Waals surface area contributed by atoms with Gasteiger partial charge in [0.15, 0.2) is 0 Å². The molecule has 0 aliphatic carbocycles. The number of halogens is 4. The lowest BCUT2D eigenvalue weighted by Crippen LogP contribution is -2.04. The van der Waals surface area contributed by atoms with Crippen molar-refractivity contribution in [2.24, 2.45) is 0 Å². The highest BCUT2D eigenvalue weighted by atomic mass is 35.5. The summed E-state index contributed by atoms with van der Waals surface area (Å²) in [5, 5.41) is 2.49. The van der Waals surface area contributed by atoms with E-state index in [0.717, 1.165) is 16.7 Å². The van der Waals surface area contributed by atoms with Crippen molar-refractivity contribution >= 4 is 46.4 Å². The fourth-order valence-electron chi connectivity index (χ4n) is 2.61. The van der Waals surface area contributed by atoms with Crippen LogP contribution >= 0.6 is 46.4 Å². The maximum absolute atomic E-state index is 6.47. The molecule has 0 nitrogen and oxygen atoms in total. The minimum Gasteiger partial charge on any atom is -0.0843 e. The molecule has 0 radical (unpaired) electrons. The van der Waals surface area contributed by atoms with Crippen LogP contribution in [0.4, 0.5) is 0 Å². The highest BCUT2D eigenvalue weighted by Gasteiger charge is 2.20. The van der Waals surface area contributed by atoms with E-state index >= 15 is 0 Å². The number of benzene rings is 3. The van der Waals surface area contributed by atoms with Crippen molar-refractivity contribution in [3.63, 3.8) is 0 Å². The van der Waals surface area contributed by atoms with Gasteiger partial charge in [0, 0.05) is 16.0 Å². The van der Waals surface area contributed by atoms with Crippen LogP contribution in [-0.4, -0.2) is 0 Å². The highest BCUT2D eigenvalue weighted by Crippen LogP contribution is 2.39. The predicted molar refractivity (Wildman–Crippen MR) is 100 cm³/mol. The molecule has 0 bridgehead atoms. The average Bonchev–Trinajstić information content (AvgIpc) is 2.55. The third-order valence-electron chi connectivity index (χ3n) is 3.70. The van der Waals surface area contributed by atoms with E-state index in [1.165, 1.54) is 0 Å². The van der Waals surface area contributed by atoms with Crippen molar-refractivity contribution in [1.29, 1.82) is 0 Å². The summed E-state index contributed by atoms with van der Waals surface area (Å²) in [5.41, 5.74) is 3.12. The van der Waals surface area contributed by atoms with Gasteiger partial charge in [0.25, 0.3) is 0 Å². The zero-order chi connectivity index (χ0) is 16.4. The van der Waals surface area contributed by atoms with Crippen molar-refractivity contribution in [1.82, 2.24) is 0 Å². The molecule has 116 valence electrons. The molecule has 0 spiro atoms. The Hall–Kier alpha value is -1.18. The molecule has 3 rings (SSSR count). The fourth-order valence-corrected chi connectivity index (χ4v) is 3.27. The summed E-state index contributed by atoms with van der Waals surface area (Å²) in [6.07, 6.45) is 0. The lowest BCUT2D eigenvalue weighted by atomic mass is 9.85. The topological polar surface area (TPSA) is 0 Å². The molecule has 4 heteroatoms. The van der Waals surface area contributed by atoms with Gasteiger partial charge in [0.2, 0.25) is 0 Å². The standard InChI is InChI=1S/C19H12Cl4/c20-14-8-4-12(5-9-14)18(13-6-10-15(21)11-7-13)16-2-1-3-17(22)19(16)23/h1-11,18H. The Labute approximate surface area is 155 Å². The van der Waals surface area contributed by atoms with Crippen molar-refractivity contribution in [3.8, 4) is 0 Å². The van der Waals surface area contributed by atoms with Crippen molar-refractivity contribution < 1.29 is 0 Å². The molecule has 0 saturated heterocycles. The molecule has 0 atom stereocenters. The fraction of sp³-hybridized carbons (Fsp3) is 0.0526. The van der Waals surface area contributed by atoms with E-state index in [-0.39, 0.29) is 5.92 Å². The molecule has 0 aliphatic rings. The van der Waals surface area contributed by atoms with Gasteiger partial charge in [0.1, 0.15) is 0 Å². The van der Waals surface area contributed by atoms with Gasteiger partial charge in [-0.25, -0.2) is 0 Å². The minimum absolute atomic E-state index is 0.0456. The summed E-state index contributed by atoms with van der Waals surface area (Å²) in [6.45, 7) is 0. The third-order valence-corrected chi connectivity index (χ3v) is 5.04. The average molecular weight is 382 g/mol. The number of rotatable bonds is 3. The Bertz CT molecular complexity index is 762. The molecular formula is C19H12Cl4. The zero-order valence-electron chi connectivity index (χ0n) is 11.9. The lowest BCUT2D eigenvalue weighted by molar-refractivity contribution is 0.978. The van der Waals surface area contributed by atoms with E-state index in [2.05, 4.69) is 0 Å². The minimum atomic E-state index is -0.0456. The summed E-state index contributed by atoms with van der Waals surface area (Å²) < 4.78 is 0. The monoisotopic (exact) mass is 380 g/mol. The van der Waals surface area contributed by atoms with Crippen LogP contribution in [0.3, 0.4) is 0 Å². The molecule has 0 aliphatic heterocycles.